The zero-order valence-electron chi connectivity index (χ0n) is 14.1. The number of aryl methyl sites for hydroxylation is 1. The van der Waals surface area contributed by atoms with Crippen LogP contribution in [-0.2, 0) is 4.79 Å². The van der Waals surface area contributed by atoms with Gasteiger partial charge in [0, 0.05) is 10.9 Å². The highest BCUT2D eigenvalue weighted by molar-refractivity contribution is 7.99. The molecule has 0 saturated carbocycles. The Kier molecular flexibility index (Phi) is 6.09. The van der Waals surface area contributed by atoms with Gasteiger partial charge in [-0.05, 0) is 37.3 Å². The van der Waals surface area contributed by atoms with Gasteiger partial charge in [0.2, 0.25) is 5.91 Å². The number of thioether (sulfide) groups is 1. The second-order valence-electron chi connectivity index (χ2n) is 5.35. The van der Waals surface area contributed by atoms with Crippen LogP contribution >= 0.6 is 23.1 Å². The number of nitrogens with one attached hydrogen (secondary N) is 2. The third-order valence-corrected chi connectivity index (χ3v) is 4.98. The van der Waals surface area contributed by atoms with Crippen molar-refractivity contribution in [2.24, 2.45) is 0 Å². The minimum atomic E-state index is -0.494. The zero-order valence-corrected chi connectivity index (χ0v) is 15.7. The van der Waals surface area contributed by atoms with Crippen molar-refractivity contribution in [1.82, 2.24) is 15.2 Å². The summed E-state index contributed by atoms with van der Waals surface area (Å²) in [5.41, 5.74) is 1.04. The Morgan fingerprint density at radius 1 is 1.19 bits per heavy atom. The van der Waals surface area contributed by atoms with E-state index in [1.807, 2.05) is 12.3 Å². The largest absolute Gasteiger partial charge is 0.305 e. The van der Waals surface area contributed by atoms with Gasteiger partial charge in [-0.2, -0.15) is 0 Å². The topological polar surface area (TPSA) is 96.9 Å². The van der Waals surface area contributed by atoms with Crippen LogP contribution in [-0.4, -0.2) is 32.7 Å². The average Bonchev–Trinajstić information content (AvgIpc) is 3.06. The highest BCUT2D eigenvalue weighted by Gasteiger charge is 2.10. The van der Waals surface area contributed by atoms with Gasteiger partial charge in [-0.25, -0.2) is 9.37 Å². The number of hydrogen-bond acceptors (Lipinski definition) is 7. The highest BCUT2D eigenvalue weighted by atomic mass is 32.2. The Morgan fingerprint density at radius 3 is 2.70 bits per heavy atom. The molecule has 2 amide bonds. The number of aromatic nitrogens is 3. The van der Waals surface area contributed by atoms with Crippen LogP contribution in [0.5, 0.6) is 0 Å². The summed E-state index contributed by atoms with van der Waals surface area (Å²) in [7, 11) is 0. The molecular formula is C17H14FN5O2S2. The molecule has 27 heavy (non-hydrogen) atoms. The first-order valence-corrected chi connectivity index (χ1v) is 9.61. The second-order valence-corrected chi connectivity index (χ2v) is 7.21. The molecule has 10 heteroatoms. The number of hydrogen-bond donors (Lipinski definition) is 2. The normalized spacial score (nSPS) is 10.4. The van der Waals surface area contributed by atoms with Crippen molar-refractivity contribution < 1.29 is 14.0 Å². The van der Waals surface area contributed by atoms with Gasteiger partial charge in [-0.15, -0.1) is 21.5 Å². The Bertz CT molecular complexity index is 962. The molecule has 0 aliphatic heterocycles. The number of anilines is 2. The molecule has 3 aromatic rings. The molecule has 0 spiro atoms. The first-order valence-electron chi connectivity index (χ1n) is 7.75. The summed E-state index contributed by atoms with van der Waals surface area (Å²) in [6, 6.07) is 8.55. The van der Waals surface area contributed by atoms with Gasteiger partial charge in [0.05, 0.1) is 11.4 Å². The number of nitrogens with zero attached hydrogens (tertiary/aromatic N) is 3. The van der Waals surface area contributed by atoms with Crippen LogP contribution in [0.15, 0.2) is 46.8 Å². The Hall–Kier alpha value is -2.85. The zero-order chi connectivity index (χ0) is 19.2. The fourth-order valence-electron chi connectivity index (χ4n) is 1.99. The molecule has 0 bridgehead atoms. The van der Waals surface area contributed by atoms with Gasteiger partial charge in [-0.3, -0.25) is 9.59 Å². The van der Waals surface area contributed by atoms with Crippen LogP contribution in [0.2, 0.25) is 0 Å². The Balaban J connectivity index is 1.51. The number of thiazole rings is 1. The molecule has 0 unspecified atom stereocenters. The van der Waals surface area contributed by atoms with Crippen LogP contribution < -0.4 is 10.6 Å². The first kappa shape index (κ1) is 18.9. The standard InChI is InChI=1S/C17H14FN5O2S2/c1-10-8-27-17(19-10)21-14(24)9-26-15-6-5-13(22-23-15)20-16(25)11-3-2-4-12(18)7-11/h2-8H,9H2,1H3,(H,19,21,24)(H,20,22,25). The molecule has 2 heterocycles. The van der Waals surface area contributed by atoms with Crippen LogP contribution in [0.25, 0.3) is 0 Å². The monoisotopic (exact) mass is 403 g/mol. The molecule has 3 rings (SSSR count). The molecule has 0 aliphatic carbocycles. The van der Waals surface area contributed by atoms with Crippen LogP contribution in [0, 0.1) is 12.7 Å². The van der Waals surface area contributed by atoms with Crippen molar-refractivity contribution in [2.75, 3.05) is 16.4 Å². The SMILES string of the molecule is Cc1csc(NC(=O)CSc2ccc(NC(=O)c3cccc(F)c3)nn2)n1. The maximum Gasteiger partial charge on any atom is 0.256 e. The predicted octanol–water partition coefficient (Wildman–Crippen LogP) is 3.36. The summed E-state index contributed by atoms with van der Waals surface area (Å²) >= 11 is 2.57. The minimum absolute atomic E-state index is 0.155. The predicted molar refractivity (Wildman–Crippen MR) is 103 cm³/mol. The Morgan fingerprint density at radius 2 is 2.04 bits per heavy atom. The fraction of sp³-hybridized carbons (Fsp3) is 0.118. The van der Waals surface area contributed by atoms with Gasteiger partial charge < -0.3 is 10.6 Å². The van der Waals surface area contributed by atoms with E-state index in [1.165, 1.54) is 41.3 Å². The van der Waals surface area contributed by atoms with Crippen LogP contribution in [0.3, 0.4) is 0 Å². The number of carbonyl (C=O) groups excluding carboxylic acids is 2. The van der Waals surface area contributed by atoms with Gasteiger partial charge in [0.25, 0.3) is 5.91 Å². The van der Waals surface area contributed by atoms with Gasteiger partial charge in [0.1, 0.15) is 10.8 Å². The molecular weight excluding hydrogens is 389 g/mol. The van der Waals surface area contributed by atoms with Crippen molar-refractivity contribution in [2.45, 2.75) is 11.9 Å². The summed E-state index contributed by atoms with van der Waals surface area (Å²) in [5.74, 6) is -0.785. The summed E-state index contributed by atoms with van der Waals surface area (Å²) in [6.45, 7) is 1.85. The molecule has 0 atom stereocenters. The molecule has 1 aromatic carbocycles. The Labute approximate surface area is 162 Å². The summed E-state index contributed by atoms with van der Waals surface area (Å²) in [5, 5.41) is 16.0. The molecule has 0 radical (unpaired) electrons. The second kappa shape index (κ2) is 8.69. The van der Waals surface area contributed by atoms with Crippen molar-refractivity contribution in [3.8, 4) is 0 Å². The lowest BCUT2D eigenvalue weighted by molar-refractivity contribution is -0.113. The smallest absolute Gasteiger partial charge is 0.256 e. The number of benzene rings is 1. The average molecular weight is 403 g/mol. The number of carbonyl (C=O) groups is 2. The molecule has 138 valence electrons. The van der Waals surface area contributed by atoms with Crippen molar-refractivity contribution in [3.05, 3.63) is 58.9 Å². The van der Waals surface area contributed by atoms with Gasteiger partial charge in [0.15, 0.2) is 10.9 Å². The van der Waals surface area contributed by atoms with Crippen LogP contribution in [0.4, 0.5) is 15.3 Å². The van der Waals surface area contributed by atoms with Gasteiger partial charge in [-0.1, -0.05) is 17.8 Å². The summed E-state index contributed by atoms with van der Waals surface area (Å²) < 4.78 is 13.2. The maximum atomic E-state index is 13.2. The van der Waals surface area contributed by atoms with E-state index in [-0.39, 0.29) is 23.0 Å². The molecule has 0 saturated heterocycles. The van der Waals surface area contributed by atoms with E-state index in [4.69, 9.17) is 0 Å². The molecule has 2 aromatic heterocycles. The lowest BCUT2D eigenvalue weighted by Gasteiger charge is -2.05. The lowest BCUT2D eigenvalue weighted by atomic mass is 10.2. The van der Waals surface area contributed by atoms with E-state index in [0.29, 0.717) is 10.2 Å². The van der Waals surface area contributed by atoms with Crippen molar-refractivity contribution in [3.63, 3.8) is 0 Å². The maximum absolute atomic E-state index is 13.2. The van der Waals surface area contributed by atoms with E-state index in [1.54, 1.807) is 12.1 Å². The summed E-state index contributed by atoms with van der Waals surface area (Å²) in [6.07, 6.45) is 0. The molecule has 0 aliphatic rings. The first-order chi connectivity index (χ1) is 13.0. The van der Waals surface area contributed by atoms with Crippen molar-refractivity contribution in [1.29, 1.82) is 0 Å². The highest BCUT2D eigenvalue weighted by Crippen LogP contribution is 2.18. The number of rotatable bonds is 6. The molecule has 0 fully saturated rings. The number of halogens is 1. The van der Waals surface area contributed by atoms with Crippen molar-refractivity contribution >= 4 is 45.9 Å². The third-order valence-electron chi connectivity index (χ3n) is 3.18. The van der Waals surface area contributed by atoms with Crippen LogP contribution in [0.1, 0.15) is 16.1 Å². The molecule has 7 nitrogen and oxygen atoms in total. The fourth-order valence-corrected chi connectivity index (χ4v) is 3.31. The molecule has 2 N–H and O–H groups in total. The van der Waals surface area contributed by atoms with E-state index in [2.05, 4.69) is 25.8 Å². The lowest BCUT2D eigenvalue weighted by Crippen LogP contribution is -2.14. The van der Waals surface area contributed by atoms with E-state index < -0.39 is 11.7 Å². The third kappa shape index (κ3) is 5.56. The van der Waals surface area contributed by atoms with E-state index in [0.717, 1.165) is 11.8 Å². The minimum Gasteiger partial charge on any atom is -0.305 e. The number of amides is 2. The van der Waals surface area contributed by atoms with E-state index >= 15 is 0 Å². The summed E-state index contributed by atoms with van der Waals surface area (Å²) in [4.78, 5) is 28.1. The van der Waals surface area contributed by atoms with E-state index in [9.17, 15) is 14.0 Å². The van der Waals surface area contributed by atoms with Gasteiger partial charge >= 0.3 is 0 Å². The quantitative estimate of drug-likeness (QED) is 0.613.